The van der Waals surface area contributed by atoms with Gasteiger partial charge in [-0.3, -0.25) is 4.79 Å². The lowest BCUT2D eigenvalue weighted by Gasteiger charge is -2.29. The Bertz CT molecular complexity index is 1310. The van der Waals surface area contributed by atoms with Crippen molar-refractivity contribution in [1.82, 2.24) is 9.88 Å². The van der Waals surface area contributed by atoms with E-state index in [9.17, 15) is 22.8 Å². The second kappa shape index (κ2) is 8.94. The van der Waals surface area contributed by atoms with Crippen molar-refractivity contribution in [2.24, 2.45) is 0 Å². The van der Waals surface area contributed by atoms with Gasteiger partial charge in [-0.25, -0.2) is 9.78 Å². The Kier molecular flexibility index (Phi) is 5.80. The fourth-order valence-electron chi connectivity index (χ4n) is 4.23. The summed E-state index contributed by atoms with van der Waals surface area (Å²) in [7, 11) is 0. The van der Waals surface area contributed by atoms with Gasteiger partial charge >= 0.3 is 12.2 Å². The number of rotatable bonds is 3. The van der Waals surface area contributed by atoms with Crippen molar-refractivity contribution in [3.63, 3.8) is 0 Å². The largest absolute Gasteiger partial charge is 0.457 e. The molecule has 0 bridgehead atoms. The van der Waals surface area contributed by atoms with Gasteiger partial charge in [0.2, 0.25) is 5.91 Å². The third kappa shape index (κ3) is 4.91. The first-order chi connectivity index (χ1) is 16.8. The molecular formula is C25H21F3N4O3. The second-order valence-corrected chi connectivity index (χ2v) is 8.40. The predicted octanol–water partition coefficient (Wildman–Crippen LogP) is 5.37. The van der Waals surface area contributed by atoms with Crippen molar-refractivity contribution in [2.45, 2.75) is 32.0 Å². The van der Waals surface area contributed by atoms with Crippen molar-refractivity contribution in [2.75, 3.05) is 17.2 Å². The molecule has 3 aromatic rings. The molecular weight excluding hydrogens is 461 g/mol. The highest BCUT2D eigenvalue weighted by atomic mass is 19.4. The second-order valence-electron chi connectivity index (χ2n) is 8.40. The summed E-state index contributed by atoms with van der Waals surface area (Å²) < 4.78 is 45.0. The SMILES string of the molecule is O=C1CCc2c(Oc3ccc4c(c3)CN(C(=O)Nc3cccc(C(F)(F)F)c3)CC4)ccnc2N1. The molecule has 0 spiro atoms. The number of fused-ring (bicyclic) bond motifs is 2. The molecule has 10 heteroatoms. The van der Waals surface area contributed by atoms with Gasteiger partial charge in [0.15, 0.2) is 0 Å². The Morgan fingerprint density at radius 1 is 1.06 bits per heavy atom. The van der Waals surface area contributed by atoms with Gasteiger partial charge in [0.25, 0.3) is 0 Å². The number of alkyl halides is 3. The van der Waals surface area contributed by atoms with Crippen molar-refractivity contribution in [1.29, 1.82) is 0 Å². The van der Waals surface area contributed by atoms with Gasteiger partial charge in [-0.1, -0.05) is 12.1 Å². The molecule has 7 nitrogen and oxygen atoms in total. The first kappa shape index (κ1) is 22.7. The number of carbonyl (C=O) groups is 2. The Labute approximate surface area is 198 Å². The van der Waals surface area contributed by atoms with Crippen LogP contribution >= 0.6 is 0 Å². The zero-order chi connectivity index (χ0) is 24.6. The molecule has 2 aliphatic rings. The summed E-state index contributed by atoms with van der Waals surface area (Å²) in [5.41, 5.74) is 2.06. The molecule has 2 aromatic carbocycles. The molecule has 2 N–H and O–H groups in total. The van der Waals surface area contributed by atoms with Crippen LogP contribution in [-0.2, 0) is 30.4 Å². The highest BCUT2D eigenvalue weighted by Crippen LogP contribution is 2.34. The average Bonchev–Trinajstić information content (AvgIpc) is 2.83. The maximum absolute atomic E-state index is 13.0. The van der Waals surface area contributed by atoms with Crippen LogP contribution in [0.1, 0.15) is 28.7 Å². The maximum atomic E-state index is 13.0. The highest BCUT2D eigenvalue weighted by molar-refractivity contribution is 5.93. The molecule has 0 aliphatic carbocycles. The number of aromatic nitrogens is 1. The number of amides is 3. The summed E-state index contributed by atoms with van der Waals surface area (Å²) >= 11 is 0. The van der Waals surface area contributed by atoms with E-state index in [2.05, 4.69) is 15.6 Å². The third-order valence-electron chi connectivity index (χ3n) is 6.02. The van der Waals surface area contributed by atoms with Crippen LogP contribution in [0.3, 0.4) is 0 Å². The maximum Gasteiger partial charge on any atom is 0.416 e. The first-order valence-electron chi connectivity index (χ1n) is 11.1. The van der Waals surface area contributed by atoms with Crippen molar-refractivity contribution in [3.8, 4) is 11.5 Å². The number of urea groups is 1. The van der Waals surface area contributed by atoms with Crippen LogP contribution in [0.25, 0.3) is 0 Å². The van der Waals surface area contributed by atoms with E-state index < -0.39 is 17.8 Å². The van der Waals surface area contributed by atoms with Gasteiger partial charge in [-0.2, -0.15) is 13.2 Å². The monoisotopic (exact) mass is 482 g/mol. The van der Waals surface area contributed by atoms with Gasteiger partial charge in [-0.15, -0.1) is 0 Å². The number of benzene rings is 2. The van der Waals surface area contributed by atoms with Gasteiger partial charge in [0.1, 0.15) is 17.3 Å². The van der Waals surface area contributed by atoms with Crippen LogP contribution < -0.4 is 15.4 Å². The number of anilines is 2. The molecule has 0 fully saturated rings. The summed E-state index contributed by atoms with van der Waals surface area (Å²) in [6.07, 6.45) is -1.42. The molecule has 0 atom stereocenters. The van der Waals surface area contributed by atoms with E-state index in [1.54, 1.807) is 17.2 Å². The number of nitrogens with one attached hydrogen (secondary N) is 2. The number of ether oxygens (including phenoxy) is 1. The molecule has 3 heterocycles. The quantitative estimate of drug-likeness (QED) is 0.526. The van der Waals surface area contributed by atoms with Crippen molar-refractivity contribution in [3.05, 3.63) is 77.0 Å². The average molecular weight is 482 g/mol. The van der Waals surface area contributed by atoms with E-state index in [0.29, 0.717) is 49.7 Å². The topological polar surface area (TPSA) is 83.6 Å². The normalized spacial score (nSPS) is 15.1. The highest BCUT2D eigenvalue weighted by Gasteiger charge is 2.31. The Morgan fingerprint density at radius 3 is 2.74 bits per heavy atom. The number of hydrogen-bond acceptors (Lipinski definition) is 4. The zero-order valence-corrected chi connectivity index (χ0v) is 18.5. The Hall–Kier alpha value is -4.08. The lowest BCUT2D eigenvalue weighted by molar-refractivity contribution is -0.137. The van der Waals surface area contributed by atoms with Crippen LogP contribution in [0, 0.1) is 0 Å². The van der Waals surface area contributed by atoms with Gasteiger partial charge < -0.3 is 20.3 Å². The van der Waals surface area contributed by atoms with E-state index >= 15 is 0 Å². The van der Waals surface area contributed by atoms with Crippen molar-refractivity contribution >= 4 is 23.4 Å². The predicted molar refractivity (Wildman–Crippen MR) is 122 cm³/mol. The van der Waals surface area contributed by atoms with Crippen LogP contribution in [0.4, 0.5) is 29.5 Å². The lowest BCUT2D eigenvalue weighted by Crippen LogP contribution is -2.38. The van der Waals surface area contributed by atoms with E-state index in [0.717, 1.165) is 28.8 Å². The number of hydrogen-bond donors (Lipinski definition) is 2. The number of halogens is 3. The molecule has 35 heavy (non-hydrogen) atoms. The minimum absolute atomic E-state index is 0.0839. The number of pyridine rings is 1. The van der Waals surface area contributed by atoms with E-state index in [1.165, 1.54) is 12.1 Å². The number of carbonyl (C=O) groups excluding carboxylic acids is 2. The first-order valence-corrected chi connectivity index (χ1v) is 11.1. The van der Waals surface area contributed by atoms with Crippen molar-refractivity contribution < 1.29 is 27.5 Å². The van der Waals surface area contributed by atoms with Crippen LogP contribution in [0.5, 0.6) is 11.5 Å². The summed E-state index contributed by atoms with van der Waals surface area (Å²) in [6.45, 7) is 0.734. The molecule has 0 saturated heterocycles. The smallest absolute Gasteiger partial charge is 0.416 e. The Morgan fingerprint density at radius 2 is 1.91 bits per heavy atom. The summed E-state index contributed by atoms with van der Waals surface area (Å²) in [5.74, 6) is 1.59. The minimum atomic E-state index is -4.49. The fraction of sp³-hybridized carbons (Fsp3) is 0.240. The molecule has 2 aliphatic heterocycles. The molecule has 5 rings (SSSR count). The molecule has 1 aromatic heterocycles. The van der Waals surface area contributed by atoms with Gasteiger partial charge in [0.05, 0.1) is 5.56 Å². The summed E-state index contributed by atoms with van der Waals surface area (Å²) in [6, 6.07) is 11.5. The Balaban J connectivity index is 1.30. The molecule has 3 amide bonds. The fourth-order valence-corrected chi connectivity index (χ4v) is 4.23. The van der Waals surface area contributed by atoms with E-state index in [4.69, 9.17) is 4.74 Å². The van der Waals surface area contributed by atoms with Crippen LogP contribution in [0.15, 0.2) is 54.7 Å². The van der Waals surface area contributed by atoms with Gasteiger partial charge in [0, 0.05) is 37.0 Å². The lowest BCUT2D eigenvalue weighted by atomic mass is 9.99. The van der Waals surface area contributed by atoms with E-state index in [1.807, 2.05) is 18.2 Å². The molecule has 180 valence electrons. The molecule has 0 unspecified atom stereocenters. The van der Waals surface area contributed by atoms with E-state index in [-0.39, 0.29) is 11.6 Å². The number of nitrogens with zero attached hydrogens (tertiary/aromatic N) is 2. The minimum Gasteiger partial charge on any atom is -0.457 e. The summed E-state index contributed by atoms with van der Waals surface area (Å²) in [5, 5.41) is 5.30. The van der Waals surface area contributed by atoms with Crippen LogP contribution in [-0.4, -0.2) is 28.4 Å². The summed E-state index contributed by atoms with van der Waals surface area (Å²) in [4.78, 5) is 30.2. The van der Waals surface area contributed by atoms with Gasteiger partial charge in [-0.05, 0) is 60.4 Å². The molecule has 0 saturated carbocycles. The zero-order valence-electron chi connectivity index (χ0n) is 18.5. The van der Waals surface area contributed by atoms with Crippen LogP contribution in [0.2, 0.25) is 0 Å². The standard InChI is InChI=1S/C25H21F3N4O3/c26-25(27,28)17-2-1-3-18(13-17)30-24(34)32-11-9-15-4-5-19(12-16(15)14-32)35-21-8-10-29-23-20(21)6-7-22(33)31-23/h1-5,8,10,12-13H,6-7,9,11,14H2,(H,30,34)(H,29,31,33). The molecule has 0 radical (unpaired) electrons. The third-order valence-corrected chi connectivity index (χ3v) is 6.02.